The van der Waals surface area contributed by atoms with Crippen LogP contribution in [0.2, 0.25) is 0 Å². The summed E-state index contributed by atoms with van der Waals surface area (Å²) < 4.78 is 0. The number of rotatable bonds is 8. The van der Waals surface area contributed by atoms with Gasteiger partial charge in [-0.2, -0.15) is 0 Å². The minimum absolute atomic E-state index is 0.0144. The lowest BCUT2D eigenvalue weighted by Crippen LogP contribution is -2.37. The lowest BCUT2D eigenvalue weighted by Gasteiger charge is -2.19. The van der Waals surface area contributed by atoms with Crippen LogP contribution in [0.15, 0.2) is 30.3 Å². The van der Waals surface area contributed by atoms with E-state index in [0.29, 0.717) is 12.5 Å². The smallest absolute Gasteiger partial charge is 0.225 e. The van der Waals surface area contributed by atoms with Crippen LogP contribution in [0.4, 0.5) is 5.69 Å². The Labute approximate surface area is 115 Å². The van der Waals surface area contributed by atoms with Gasteiger partial charge >= 0.3 is 0 Å². The number of anilines is 1. The van der Waals surface area contributed by atoms with Crippen molar-refractivity contribution in [2.45, 2.75) is 45.2 Å². The fraction of sp³-hybridized carbons (Fsp3) is 0.533. The molecule has 0 aromatic heterocycles. The summed E-state index contributed by atoms with van der Waals surface area (Å²) in [7, 11) is 0. The van der Waals surface area contributed by atoms with Crippen LogP contribution in [0.25, 0.3) is 0 Å². The molecule has 4 nitrogen and oxygen atoms in total. The van der Waals surface area contributed by atoms with Crippen molar-refractivity contribution in [1.82, 2.24) is 5.32 Å². The predicted octanol–water partition coefficient (Wildman–Crippen LogP) is 2.15. The number of hydrogen-bond donors (Lipinski definition) is 3. The summed E-state index contributed by atoms with van der Waals surface area (Å²) in [4.78, 5) is 11.8. The van der Waals surface area contributed by atoms with Gasteiger partial charge in [-0.3, -0.25) is 4.79 Å². The van der Waals surface area contributed by atoms with E-state index >= 15 is 0 Å². The summed E-state index contributed by atoms with van der Waals surface area (Å²) in [5, 5.41) is 15.0. The molecule has 0 saturated carbocycles. The van der Waals surface area contributed by atoms with E-state index in [2.05, 4.69) is 17.6 Å². The van der Waals surface area contributed by atoms with Crippen LogP contribution >= 0.6 is 0 Å². The number of carbonyl (C=O) groups is 1. The van der Waals surface area contributed by atoms with Crippen molar-refractivity contribution >= 4 is 11.6 Å². The molecule has 2 atom stereocenters. The monoisotopic (exact) mass is 264 g/mol. The van der Waals surface area contributed by atoms with Gasteiger partial charge in [0.2, 0.25) is 5.91 Å². The number of aliphatic hydroxyl groups is 1. The highest BCUT2D eigenvalue weighted by molar-refractivity contribution is 5.90. The van der Waals surface area contributed by atoms with Gasteiger partial charge in [-0.25, -0.2) is 0 Å². The van der Waals surface area contributed by atoms with Gasteiger partial charge in [0.25, 0.3) is 0 Å². The fourth-order valence-electron chi connectivity index (χ4n) is 2.04. The minimum Gasteiger partial charge on any atom is -0.396 e. The molecule has 19 heavy (non-hydrogen) atoms. The van der Waals surface area contributed by atoms with E-state index in [9.17, 15) is 4.79 Å². The van der Waals surface area contributed by atoms with Crippen LogP contribution in [-0.2, 0) is 4.79 Å². The zero-order chi connectivity index (χ0) is 14.1. The average molecular weight is 264 g/mol. The maximum atomic E-state index is 11.8. The third-order valence-electron chi connectivity index (χ3n) is 2.91. The molecule has 1 aromatic carbocycles. The molecule has 0 radical (unpaired) electrons. The Hall–Kier alpha value is -1.39. The van der Waals surface area contributed by atoms with E-state index in [1.54, 1.807) is 0 Å². The van der Waals surface area contributed by atoms with Crippen molar-refractivity contribution in [1.29, 1.82) is 0 Å². The van der Waals surface area contributed by atoms with Crippen LogP contribution in [0.3, 0.4) is 0 Å². The van der Waals surface area contributed by atoms with E-state index in [-0.39, 0.29) is 18.6 Å². The van der Waals surface area contributed by atoms with Gasteiger partial charge in [-0.1, -0.05) is 18.2 Å². The van der Waals surface area contributed by atoms with Crippen LogP contribution in [-0.4, -0.2) is 29.7 Å². The predicted molar refractivity (Wildman–Crippen MR) is 78.1 cm³/mol. The molecule has 0 heterocycles. The van der Waals surface area contributed by atoms with E-state index in [0.717, 1.165) is 18.5 Å². The van der Waals surface area contributed by atoms with Gasteiger partial charge in [-0.15, -0.1) is 0 Å². The number of nitrogens with one attached hydrogen (secondary N) is 2. The number of carbonyl (C=O) groups excluding carboxylic acids is 1. The molecule has 1 rings (SSSR count). The number of amides is 1. The molecule has 0 aliphatic heterocycles. The minimum atomic E-state index is 0.0144. The molecule has 3 N–H and O–H groups in total. The van der Waals surface area contributed by atoms with Crippen LogP contribution in [0.5, 0.6) is 0 Å². The molecule has 1 amide bonds. The van der Waals surface area contributed by atoms with Crippen LogP contribution in [0, 0.1) is 0 Å². The van der Waals surface area contributed by atoms with Crippen LogP contribution < -0.4 is 10.6 Å². The second kappa shape index (κ2) is 8.67. The standard InChI is InChI=1S/C15H24N2O2/c1-12(7-6-10-18)16-13(2)11-15(19)17-14-8-4-3-5-9-14/h3-5,8-9,12-13,16,18H,6-7,10-11H2,1-2H3,(H,17,19). The fourth-order valence-corrected chi connectivity index (χ4v) is 2.04. The zero-order valence-corrected chi connectivity index (χ0v) is 11.7. The third kappa shape index (κ3) is 6.94. The summed E-state index contributed by atoms with van der Waals surface area (Å²) in [6.45, 7) is 4.29. The Morgan fingerprint density at radius 3 is 2.53 bits per heavy atom. The van der Waals surface area contributed by atoms with Crippen molar-refractivity contribution in [2.75, 3.05) is 11.9 Å². The van der Waals surface area contributed by atoms with Gasteiger partial charge in [0.05, 0.1) is 0 Å². The Morgan fingerprint density at radius 1 is 1.21 bits per heavy atom. The van der Waals surface area contributed by atoms with E-state index < -0.39 is 0 Å². The van der Waals surface area contributed by atoms with Gasteiger partial charge in [0.1, 0.15) is 0 Å². The normalized spacial score (nSPS) is 13.8. The largest absolute Gasteiger partial charge is 0.396 e. The summed E-state index contributed by atoms with van der Waals surface area (Å²) >= 11 is 0. The van der Waals surface area contributed by atoms with Crippen molar-refractivity contribution in [3.63, 3.8) is 0 Å². The Morgan fingerprint density at radius 2 is 1.89 bits per heavy atom. The Balaban J connectivity index is 2.28. The topological polar surface area (TPSA) is 61.4 Å². The molecule has 0 aliphatic rings. The summed E-state index contributed by atoms with van der Waals surface area (Å²) in [6, 6.07) is 9.90. The highest BCUT2D eigenvalue weighted by Crippen LogP contribution is 2.07. The molecule has 2 unspecified atom stereocenters. The van der Waals surface area contributed by atoms with Gasteiger partial charge in [-0.05, 0) is 38.8 Å². The van der Waals surface area contributed by atoms with Gasteiger partial charge in [0, 0.05) is 30.8 Å². The second-order valence-corrected chi connectivity index (χ2v) is 4.95. The maximum Gasteiger partial charge on any atom is 0.225 e. The van der Waals surface area contributed by atoms with Crippen molar-refractivity contribution < 1.29 is 9.90 Å². The second-order valence-electron chi connectivity index (χ2n) is 4.95. The van der Waals surface area contributed by atoms with E-state index in [1.165, 1.54) is 0 Å². The first kappa shape index (κ1) is 15.7. The summed E-state index contributed by atoms with van der Waals surface area (Å²) in [5.41, 5.74) is 0.827. The highest BCUT2D eigenvalue weighted by atomic mass is 16.2. The number of benzene rings is 1. The Kier molecular flexibility index (Phi) is 7.15. The third-order valence-corrected chi connectivity index (χ3v) is 2.91. The molecular weight excluding hydrogens is 240 g/mol. The van der Waals surface area contributed by atoms with Gasteiger partial charge in [0.15, 0.2) is 0 Å². The first-order valence-electron chi connectivity index (χ1n) is 6.83. The molecule has 0 saturated heterocycles. The molecule has 0 spiro atoms. The summed E-state index contributed by atoms with van der Waals surface area (Å²) in [5.74, 6) is 0.0144. The van der Waals surface area contributed by atoms with E-state index in [1.807, 2.05) is 37.3 Å². The van der Waals surface area contributed by atoms with Crippen molar-refractivity contribution in [2.24, 2.45) is 0 Å². The molecule has 1 aromatic rings. The molecule has 0 aliphatic carbocycles. The first-order chi connectivity index (χ1) is 9.11. The number of hydrogen-bond acceptors (Lipinski definition) is 3. The molecule has 4 heteroatoms. The van der Waals surface area contributed by atoms with Crippen molar-refractivity contribution in [3.05, 3.63) is 30.3 Å². The van der Waals surface area contributed by atoms with Crippen LogP contribution in [0.1, 0.15) is 33.1 Å². The summed E-state index contributed by atoms with van der Waals surface area (Å²) in [6.07, 6.45) is 2.15. The lowest BCUT2D eigenvalue weighted by molar-refractivity contribution is -0.116. The quantitative estimate of drug-likeness (QED) is 0.674. The Bertz CT molecular complexity index is 368. The van der Waals surface area contributed by atoms with Gasteiger partial charge < -0.3 is 15.7 Å². The number of para-hydroxylation sites is 1. The average Bonchev–Trinajstić information content (AvgIpc) is 2.37. The molecule has 0 bridgehead atoms. The van der Waals surface area contributed by atoms with E-state index in [4.69, 9.17) is 5.11 Å². The SMILES string of the molecule is CC(CCCO)NC(C)CC(=O)Nc1ccccc1. The van der Waals surface area contributed by atoms with Crippen molar-refractivity contribution in [3.8, 4) is 0 Å². The number of aliphatic hydroxyl groups excluding tert-OH is 1. The molecular formula is C15H24N2O2. The lowest BCUT2D eigenvalue weighted by atomic mass is 10.1. The molecule has 106 valence electrons. The first-order valence-corrected chi connectivity index (χ1v) is 6.83. The highest BCUT2D eigenvalue weighted by Gasteiger charge is 2.11. The molecule has 0 fully saturated rings. The maximum absolute atomic E-state index is 11.8. The zero-order valence-electron chi connectivity index (χ0n) is 11.7.